The molecule has 1 saturated heterocycles. The third kappa shape index (κ3) is 2.87. The Kier molecular flexibility index (Phi) is 3.36. The van der Waals surface area contributed by atoms with E-state index in [1.807, 2.05) is 24.3 Å². The number of halogens is 2. The minimum Gasteiger partial charge on any atom is -0.345 e. The van der Waals surface area contributed by atoms with Gasteiger partial charge in [-0.05, 0) is 19.1 Å². The molecule has 1 aliphatic rings. The number of carbonyl (C=O) groups excluding carboxylic acids is 1. The number of H-pyrrole nitrogens is 1. The van der Waals surface area contributed by atoms with Crippen molar-refractivity contribution < 1.29 is 13.6 Å². The van der Waals surface area contributed by atoms with E-state index in [1.54, 1.807) is 6.92 Å². The molecule has 7 heteroatoms. The van der Waals surface area contributed by atoms with Crippen LogP contribution in [0.2, 0.25) is 0 Å². The first-order chi connectivity index (χ1) is 9.94. The molecule has 2 atom stereocenters. The monoisotopic (exact) mass is 294 g/mol. The molecule has 1 aromatic carbocycles. The first-order valence-corrected chi connectivity index (χ1v) is 6.81. The number of imidazole rings is 1. The quantitative estimate of drug-likeness (QED) is 0.807. The average Bonchev–Trinajstić information content (AvgIpc) is 3.01. The Balaban J connectivity index is 1.68. The molecule has 0 bridgehead atoms. The smallest absolute Gasteiger partial charge is 0.262 e. The molecule has 0 unspecified atom stereocenters. The van der Waals surface area contributed by atoms with E-state index in [0.29, 0.717) is 5.82 Å². The molecule has 2 aromatic rings. The van der Waals surface area contributed by atoms with Crippen LogP contribution in [0, 0.1) is 0 Å². The minimum absolute atomic E-state index is 0.374. The minimum atomic E-state index is -2.81. The summed E-state index contributed by atoms with van der Waals surface area (Å²) in [4.78, 5) is 19.5. The van der Waals surface area contributed by atoms with Crippen molar-refractivity contribution in [1.29, 1.82) is 0 Å². The highest BCUT2D eigenvalue weighted by Crippen LogP contribution is 2.25. The van der Waals surface area contributed by atoms with Crippen molar-refractivity contribution in [3.8, 4) is 0 Å². The second kappa shape index (κ2) is 5.07. The fraction of sp³-hybridized carbons (Fsp3) is 0.429. The lowest BCUT2D eigenvalue weighted by atomic mass is 10.1. The summed E-state index contributed by atoms with van der Waals surface area (Å²) in [6.07, 6.45) is -0.467. The standard InChI is InChI=1S/C14H16F2N4O/c1-8(12-19-9-4-2-3-5-10(9)20-12)18-13(21)11-6-14(15,16)7-17-11/h2-5,8,11,17H,6-7H2,1H3,(H,18,21)(H,19,20)/t8-,11+/m1/s1. The van der Waals surface area contributed by atoms with Crippen LogP contribution in [-0.4, -0.2) is 34.4 Å². The Morgan fingerprint density at radius 3 is 2.90 bits per heavy atom. The van der Waals surface area contributed by atoms with Crippen LogP contribution < -0.4 is 10.6 Å². The molecule has 112 valence electrons. The van der Waals surface area contributed by atoms with Crippen molar-refractivity contribution in [1.82, 2.24) is 20.6 Å². The Morgan fingerprint density at radius 2 is 2.24 bits per heavy atom. The molecule has 0 spiro atoms. The van der Waals surface area contributed by atoms with Gasteiger partial charge in [0, 0.05) is 6.42 Å². The number of rotatable bonds is 3. The van der Waals surface area contributed by atoms with Crippen molar-refractivity contribution in [2.75, 3.05) is 6.54 Å². The fourth-order valence-corrected chi connectivity index (χ4v) is 2.46. The van der Waals surface area contributed by atoms with E-state index < -0.39 is 30.8 Å². The Morgan fingerprint density at radius 1 is 1.48 bits per heavy atom. The highest BCUT2D eigenvalue weighted by atomic mass is 19.3. The summed E-state index contributed by atoms with van der Waals surface area (Å²) in [7, 11) is 0. The zero-order chi connectivity index (χ0) is 15.0. The Hall–Kier alpha value is -2.02. The van der Waals surface area contributed by atoms with Gasteiger partial charge in [-0.1, -0.05) is 12.1 Å². The van der Waals surface area contributed by atoms with E-state index in [4.69, 9.17) is 0 Å². The third-order valence-corrected chi connectivity index (χ3v) is 3.60. The van der Waals surface area contributed by atoms with Gasteiger partial charge >= 0.3 is 0 Å². The lowest BCUT2D eigenvalue weighted by Crippen LogP contribution is -2.41. The van der Waals surface area contributed by atoms with E-state index in [-0.39, 0.29) is 6.04 Å². The Labute approximate surface area is 120 Å². The average molecular weight is 294 g/mol. The zero-order valence-electron chi connectivity index (χ0n) is 11.5. The maximum atomic E-state index is 13.1. The molecule has 3 N–H and O–H groups in total. The van der Waals surface area contributed by atoms with Crippen LogP contribution in [0.4, 0.5) is 8.78 Å². The molecule has 0 radical (unpaired) electrons. The number of hydrogen-bond donors (Lipinski definition) is 3. The molecule has 1 aromatic heterocycles. The second-order valence-electron chi connectivity index (χ2n) is 5.36. The summed E-state index contributed by atoms with van der Waals surface area (Å²) in [6, 6.07) is 6.29. The number of benzene rings is 1. The van der Waals surface area contributed by atoms with E-state index in [9.17, 15) is 13.6 Å². The van der Waals surface area contributed by atoms with Gasteiger partial charge in [0.05, 0.1) is 29.7 Å². The van der Waals surface area contributed by atoms with Crippen LogP contribution in [0.3, 0.4) is 0 Å². The lowest BCUT2D eigenvalue weighted by Gasteiger charge is -2.15. The van der Waals surface area contributed by atoms with Gasteiger partial charge in [0.2, 0.25) is 5.91 Å². The topological polar surface area (TPSA) is 69.8 Å². The molecule has 1 aliphatic heterocycles. The lowest BCUT2D eigenvalue weighted by molar-refractivity contribution is -0.124. The predicted molar refractivity (Wildman–Crippen MR) is 74.0 cm³/mol. The van der Waals surface area contributed by atoms with Gasteiger partial charge in [-0.15, -0.1) is 0 Å². The van der Waals surface area contributed by atoms with Crippen molar-refractivity contribution in [2.24, 2.45) is 0 Å². The first kappa shape index (κ1) is 13.9. The summed E-state index contributed by atoms with van der Waals surface area (Å²) in [5.74, 6) is -2.64. The maximum Gasteiger partial charge on any atom is 0.262 e. The number of hydrogen-bond acceptors (Lipinski definition) is 3. The summed E-state index contributed by atoms with van der Waals surface area (Å²) in [5.41, 5.74) is 1.68. The largest absolute Gasteiger partial charge is 0.345 e. The van der Waals surface area contributed by atoms with Crippen molar-refractivity contribution in [2.45, 2.75) is 31.4 Å². The van der Waals surface area contributed by atoms with Crippen LogP contribution >= 0.6 is 0 Å². The number of alkyl halides is 2. The van der Waals surface area contributed by atoms with Gasteiger partial charge in [-0.3, -0.25) is 10.1 Å². The highest BCUT2D eigenvalue weighted by Gasteiger charge is 2.42. The molecular weight excluding hydrogens is 278 g/mol. The van der Waals surface area contributed by atoms with E-state index >= 15 is 0 Å². The fourth-order valence-electron chi connectivity index (χ4n) is 2.46. The number of para-hydroxylation sites is 2. The van der Waals surface area contributed by atoms with E-state index in [2.05, 4.69) is 20.6 Å². The van der Waals surface area contributed by atoms with Crippen LogP contribution in [0.15, 0.2) is 24.3 Å². The molecule has 2 heterocycles. The Bertz CT molecular complexity index is 637. The first-order valence-electron chi connectivity index (χ1n) is 6.81. The van der Waals surface area contributed by atoms with Gasteiger partial charge in [0.1, 0.15) is 5.82 Å². The maximum absolute atomic E-state index is 13.1. The molecule has 0 saturated carbocycles. The van der Waals surface area contributed by atoms with Crippen molar-refractivity contribution >= 4 is 16.9 Å². The number of aromatic nitrogens is 2. The summed E-state index contributed by atoms with van der Waals surface area (Å²) in [6.45, 7) is 1.31. The number of amides is 1. The number of carbonyl (C=O) groups is 1. The number of nitrogens with one attached hydrogen (secondary N) is 3. The summed E-state index contributed by atoms with van der Waals surface area (Å²) >= 11 is 0. The SMILES string of the molecule is C[C@@H](NC(=O)[C@@H]1CC(F)(F)CN1)c1nc2ccccc2[nH]1. The van der Waals surface area contributed by atoms with Gasteiger partial charge in [0.25, 0.3) is 5.92 Å². The molecule has 1 fully saturated rings. The molecule has 1 amide bonds. The van der Waals surface area contributed by atoms with E-state index in [1.165, 1.54) is 0 Å². The van der Waals surface area contributed by atoms with Crippen LogP contribution in [0.1, 0.15) is 25.2 Å². The van der Waals surface area contributed by atoms with Crippen molar-refractivity contribution in [3.05, 3.63) is 30.1 Å². The summed E-state index contributed by atoms with van der Waals surface area (Å²) in [5, 5.41) is 5.25. The van der Waals surface area contributed by atoms with Gasteiger partial charge < -0.3 is 10.3 Å². The number of nitrogens with zero attached hydrogens (tertiary/aromatic N) is 1. The molecular formula is C14H16F2N4O. The van der Waals surface area contributed by atoms with Gasteiger partial charge in [-0.2, -0.15) is 0 Å². The van der Waals surface area contributed by atoms with E-state index in [0.717, 1.165) is 11.0 Å². The second-order valence-corrected chi connectivity index (χ2v) is 5.36. The zero-order valence-corrected chi connectivity index (χ0v) is 11.5. The highest BCUT2D eigenvalue weighted by molar-refractivity contribution is 5.82. The molecule has 0 aliphatic carbocycles. The molecule has 5 nitrogen and oxygen atoms in total. The van der Waals surface area contributed by atoms with Crippen LogP contribution in [-0.2, 0) is 4.79 Å². The van der Waals surface area contributed by atoms with Gasteiger partial charge in [-0.25, -0.2) is 13.8 Å². The van der Waals surface area contributed by atoms with Crippen molar-refractivity contribution in [3.63, 3.8) is 0 Å². The predicted octanol–water partition coefficient (Wildman–Crippen LogP) is 1.74. The number of aromatic amines is 1. The number of fused-ring (bicyclic) bond motifs is 1. The third-order valence-electron chi connectivity index (χ3n) is 3.60. The molecule has 3 rings (SSSR count). The van der Waals surface area contributed by atoms with Gasteiger partial charge in [0.15, 0.2) is 0 Å². The normalized spacial score (nSPS) is 22.3. The van der Waals surface area contributed by atoms with Crippen LogP contribution in [0.5, 0.6) is 0 Å². The molecule has 21 heavy (non-hydrogen) atoms. The summed E-state index contributed by atoms with van der Waals surface area (Å²) < 4.78 is 26.2. The van der Waals surface area contributed by atoms with Crippen LogP contribution in [0.25, 0.3) is 11.0 Å².